The highest BCUT2D eigenvalue weighted by Crippen LogP contribution is 2.65. The molecule has 1 saturated heterocycles. The minimum atomic E-state index is -4.77. The largest absolute Gasteiger partial charge is 0.464 e. The standard InChI is InChI=1S/C36H52F3N3O7/c1-8-10-12-23(43)27(45)21(11-9-2)17-24(44)26-25-22(34(25,6)7)18-42(26)30(46)28(33(3,4)5)40-32(48)41-29(31(47)49-19-20-13-14-20)35(15-16-35)36(37,38)39/h8,20-22,25-26,28-29H,1,9-19H2,2-7H3,(H2,40,41,48)/t21?,22-,25-,26+,28+,29+/m0/s1. The summed E-state index contributed by atoms with van der Waals surface area (Å²) in [5.41, 5.74) is -3.66. The molecule has 1 aliphatic heterocycles. The summed E-state index contributed by atoms with van der Waals surface area (Å²) in [6, 6.07) is -5.29. The lowest BCUT2D eigenvalue weighted by atomic mass is 9.83. The number of fused-ring (bicyclic) bond motifs is 1. The van der Waals surface area contributed by atoms with Gasteiger partial charge in [0, 0.05) is 25.3 Å². The Hall–Kier alpha value is -3.25. The van der Waals surface area contributed by atoms with Crippen LogP contribution in [0.3, 0.4) is 0 Å². The highest BCUT2D eigenvalue weighted by atomic mass is 19.4. The fraction of sp³-hybridized carbons (Fsp3) is 0.778. The van der Waals surface area contributed by atoms with Crippen molar-refractivity contribution in [2.24, 2.45) is 39.9 Å². The molecule has 3 saturated carbocycles. The molecule has 4 aliphatic rings. The third-order valence-corrected chi connectivity index (χ3v) is 11.1. The molecule has 10 nitrogen and oxygen atoms in total. The van der Waals surface area contributed by atoms with Gasteiger partial charge in [-0.25, -0.2) is 9.59 Å². The zero-order valence-corrected chi connectivity index (χ0v) is 29.5. The minimum Gasteiger partial charge on any atom is -0.464 e. The number of alkyl halides is 3. The van der Waals surface area contributed by atoms with E-state index in [0.717, 1.165) is 12.8 Å². The van der Waals surface area contributed by atoms with Gasteiger partial charge in [-0.3, -0.25) is 19.2 Å². The maximum absolute atomic E-state index is 14.3. The summed E-state index contributed by atoms with van der Waals surface area (Å²) < 4.78 is 47.6. The van der Waals surface area contributed by atoms with Gasteiger partial charge < -0.3 is 20.3 Å². The summed E-state index contributed by atoms with van der Waals surface area (Å²) in [6.45, 7) is 14.7. The van der Waals surface area contributed by atoms with E-state index in [4.69, 9.17) is 4.74 Å². The van der Waals surface area contributed by atoms with Crippen molar-refractivity contribution in [1.82, 2.24) is 15.5 Å². The summed E-state index contributed by atoms with van der Waals surface area (Å²) in [5.74, 6) is -4.20. The minimum absolute atomic E-state index is 0.00664. The number of likely N-dealkylation sites (tertiary alicyclic amines) is 1. The van der Waals surface area contributed by atoms with Gasteiger partial charge in [-0.15, -0.1) is 6.58 Å². The number of ether oxygens (including phenoxy) is 1. The van der Waals surface area contributed by atoms with Crippen LogP contribution in [0.15, 0.2) is 12.7 Å². The Kier molecular flexibility index (Phi) is 11.1. The predicted molar refractivity (Wildman–Crippen MR) is 174 cm³/mol. The van der Waals surface area contributed by atoms with Crippen LogP contribution in [0.25, 0.3) is 0 Å². The number of nitrogens with zero attached hydrogens (tertiary/aromatic N) is 1. The monoisotopic (exact) mass is 695 g/mol. The topological polar surface area (TPSA) is 139 Å². The van der Waals surface area contributed by atoms with E-state index in [1.807, 2.05) is 20.8 Å². The Morgan fingerprint density at radius 3 is 2.18 bits per heavy atom. The van der Waals surface area contributed by atoms with E-state index in [1.165, 1.54) is 4.90 Å². The van der Waals surface area contributed by atoms with Crippen LogP contribution in [0, 0.1) is 39.9 Å². The van der Waals surface area contributed by atoms with Crippen molar-refractivity contribution in [2.75, 3.05) is 13.2 Å². The maximum atomic E-state index is 14.3. The average Bonchev–Trinajstić information content (AvgIpc) is 3.96. The van der Waals surface area contributed by atoms with Gasteiger partial charge in [0.2, 0.25) is 11.7 Å². The first kappa shape index (κ1) is 38.6. The zero-order valence-electron chi connectivity index (χ0n) is 29.5. The number of halogens is 3. The number of allylic oxidation sites excluding steroid dienone is 1. The fourth-order valence-corrected chi connectivity index (χ4v) is 7.48. The van der Waals surface area contributed by atoms with Crippen molar-refractivity contribution in [2.45, 2.75) is 124 Å². The molecule has 0 aromatic carbocycles. The van der Waals surface area contributed by atoms with E-state index in [0.29, 0.717) is 19.3 Å². The lowest BCUT2D eigenvalue weighted by molar-refractivity contribution is -0.202. The van der Waals surface area contributed by atoms with Crippen molar-refractivity contribution in [3.8, 4) is 0 Å². The first-order valence-corrected chi connectivity index (χ1v) is 17.5. The molecule has 1 heterocycles. The van der Waals surface area contributed by atoms with Crippen molar-refractivity contribution in [1.29, 1.82) is 0 Å². The third-order valence-electron chi connectivity index (χ3n) is 11.1. The number of nitrogens with one attached hydrogen (secondary N) is 2. The van der Waals surface area contributed by atoms with Crippen LogP contribution in [0.1, 0.15) is 99.3 Å². The van der Waals surface area contributed by atoms with Crippen molar-refractivity contribution >= 4 is 35.3 Å². The second-order valence-corrected chi connectivity index (χ2v) is 16.2. The van der Waals surface area contributed by atoms with E-state index in [1.54, 1.807) is 26.8 Å². The quantitative estimate of drug-likeness (QED) is 0.119. The molecule has 6 atom stereocenters. The van der Waals surface area contributed by atoms with Gasteiger partial charge in [-0.2, -0.15) is 13.2 Å². The maximum Gasteiger partial charge on any atom is 0.397 e. The molecule has 2 N–H and O–H groups in total. The zero-order chi connectivity index (χ0) is 36.7. The Bertz CT molecular complexity index is 1350. The van der Waals surface area contributed by atoms with Crippen LogP contribution in [-0.4, -0.2) is 77.6 Å². The van der Waals surface area contributed by atoms with E-state index < -0.39 is 70.5 Å². The number of piperidine rings is 1. The lowest BCUT2D eigenvalue weighted by Gasteiger charge is -2.38. The number of Topliss-reactive ketones (excluding diaryl/α,β-unsaturated/α-hetero) is 3. The number of hydrogen-bond acceptors (Lipinski definition) is 7. The molecule has 0 bridgehead atoms. The van der Waals surface area contributed by atoms with Gasteiger partial charge in [-0.05, 0) is 67.1 Å². The molecule has 1 unspecified atom stereocenters. The van der Waals surface area contributed by atoms with Gasteiger partial charge in [0.05, 0.1) is 18.1 Å². The molecule has 0 radical (unpaired) electrons. The van der Waals surface area contributed by atoms with Crippen LogP contribution in [0.5, 0.6) is 0 Å². The highest BCUT2D eigenvalue weighted by molar-refractivity contribution is 6.38. The van der Waals surface area contributed by atoms with E-state index >= 15 is 0 Å². The number of esters is 1. The molecule has 0 spiro atoms. The summed E-state index contributed by atoms with van der Waals surface area (Å²) in [7, 11) is 0. The summed E-state index contributed by atoms with van der Waals surface area (Å²) >= 11 is 0. The fourth-order valence-electron chi connectivity index (χ4n) is 7.48. The van der Waals surface area contributed by atoms with Crippen molar-refractivity contribution in [3.05, 3.63) is 12.7 Å². The van der Waals surface area contributed by atoms with Gasteiger partial charge in [0.15, 0.2) is 11.6 Å². The van der Waals surface area contributed by atoms with Crippen LogP contribution >= 0.6 is 0 Å². The molecule has 49 heavy (non-hydrogen) atoms. The summed E-state index contributed by atoms with van der Waals surface area (Å²) in [5, 5.41) is 4.74. The number of carbonyl (C=O) groups excluding carboxylic acids is 6. The molecule has 4 fully saturated rings. The number of hydrogen-bond donors (Lipinski definition) is 2. The van der Waals surface area contributed by atoms with Gasteiger partial charge in [0.1, 0.15) is 12.1 Å². The van der Waals surface area contributed by atoms with Crippen LogP contribution < -0.4 is 10.6 Å². The number of urea groups is 1. The number of carbonyl (C=O) groups is 6. The Labute approximate surface area is 286 Å². The Balaban J connectivity index is 1.53. The second-order valence-electron chi connectivity index (χ2n) is 16.2. The molecule has 4 rings (SSSR count). The Morgan fingerprint density at radius 1 is 1.04 bits per heavy atom. The predicted octanol–water partition coefficient (Wildman–Crippen LogP) is 5.33. The van der Waals surface area contributed by atoms with Crippen molar-refractivity contribution < 1.29 is 46.7 Å². The number of amides is 3. The first-order chi connectivity index (χ1) is 22.7. The molecule has 0 aromatic heterocycles. The van der Waals surface area contributed by atoms with Gasteiger partial charge in [0.25, 0.3) is 0 Å². The normalized spacial score (nSPS) is 25.2. The van der Waals surface area contributed by atoms with E-state index in [2.05, 4.69) is 17.2 Å². The molecule has 0 aromatic rings. The second kappa shape index (κ2) is 14.2. The van der Waals surface area contributed by atoms with Crippen molar-refractivity contribution in [3.63, 3.8) is 0 Å². The smallest absolute Gasteiger partial charge is 0.397 e. The van der Waals surface area contributed by atoms with Crippen LogP contribution in [0.4, 0.5) is 18.0 Å². The average molecular weight is 696 g/mol. The molecular weight excluding hydrogens is 643 g/mol. The molecule has 13 heteroatoms. The summed E-state index contributed by atoms with van der Waals surface area (Å²) in [6.07, 6.45) is -1.26. The molecule has 274 valence electrons. The van der Waals surface area contributed by atoms with Crippen LogP contribution in [-0.2, 0) is 28.7 Å². The van der Waals surface area contributed by atoms with E-state index in [-0.39, 0.29) is 67.8 Å². The molecule has 3 amide bonds. The summed E-state index contributed by atoms with van der Waals surface area (Å²) in [4.78, 5) is 81.7. The van der Waals surface area contributed by atoms with E-state index in [9.17, 15) is 41.9 Å². The number of rotatable bonds is 17. The highest BCUT2D eigenvalue weighted by Gasteiger charge is 2.71. The van der Waals surface area contributed by atoms with Gasteiger partial charge in [-0.1, -0.05) is 54.0 Å². The molecule has 3 aliphatic carbocycles. The third kappa shape index (κ3) is 8.22. The SMILES string of the molecule is C=CCCC(=O)C(=O)C(CCC)CC(=O)[C@@H]1[C@@H]2[C@H](CN1C(=O)[C@@H](NC(=O)N[C@H](C(=O)OCC1CC1)C1(C(F)(F)F)CC1)C(C)(C)C)C2(C)C. The van der Waals surface area contributed by atoms with Gasteiger partial charge >= 0.3 is 18.2 Å². The van der Waals surface area contributed by atoms with Crippen LogP contribution in [0.2, 0.25) is 0 Å². The number of ketones is 3. The lowest BCUT2D eigenvalue weighted by Crippen LogP contribution is -2.62. The Morgan fingerprint density at radius 2 is 1.67 bits per heavy atom. The molecular formula is C36H52F3N3O7. The first-order valence-electron chi connectivity index (χ1n) is 17.5.